The van der Waals surface area contributed by atoms with Gasteiger partial charge in [0.05, 0.1) is 26.4 Å². The first kappa shape index (κ1) is 22.7. The summed E-state index contributed by atoms with van der Waals surface area (Å²) >= 11 is 13.1. The molecule has 0 aromatic heterocycles. The Morgan fingerprint density at radius 2 is 1.97 bits per heavy atom. The highest BCUT2D eigenvalue weighted by Crippen LogP contribution is 2.30. The maximum atomic E-state index is 12.3. The summed E-state index contributed by atoms with van der Waals surface area (Å²) in [6.07, 6.45) is -0.0938. The van der Waals surface area contributed by atoms with Gasteiger partial charge in [-0.05, 0) is 36.8 Å². The van der Waals surface area contributed by atoms with Crippen molar-refractivity contribution in [1.29, 1.82) is 0 Å². The van der Waals surface area contributed by atoms with Crippen molar-refractivity contribution >= 4 is 69.0 Å². The lowest BCUT2D eigenvalue weighted by molar-refractivity contribution is -0.384. The first-order valence-electron chi connectivity index (χ1n) is 8.83. The van der Waals surface area contributed by atoms with E-state index in [2.05, 4.69) is 20.8 Å². The van der Waals surface area contributed by atoms with Gasteiger partial charge in [0.2, 0.25) is 11.8 Å². The molecule has 2 N–H and O–H groups in total. The van der Waals surface area contributed by atoms with Crippen LogP contribution in [-0.2, 0) is 9.59 Å². The Bertz CT molecular complexity index is 1100. The van der Waals surface area contributed by atoms with Gasteiger partial charge in [-0.15, -0.1) is 5.10 Å². The molecule has 1 fully saturated rings. The molecular formula is C19H15Cl2N5O4S. The second-order valence-electron chi connectivity index (χ2n) is 6.34. The van der Waals surface area contributed by atoms with Crippen molar-refractivity contribution < 1.29 is 14.5 Å². The van der Waals surface area contributed by atoms with E-state index in [0.29, 0.717) is 22.0 Å². The topological polar surface area (TPSA) is 126 Å². The van der Waals surface area contributed by atoms with Crippen LogP contribution >= 0.6 is 35.0 Å². The molecule has 1 saturated heterocycles. The number of non-ortho nitro benzene ring substituents is 1. The van der Waals surface area contributed by atoms with Crippen LogP contribution in [0.25, 0.3) is 0 Å². The molecular weight excluding hydrogens is 465 g/mol. The largest absolute Gasteiger partial charge is 0.325 e. The second kappa shape index (κ2) is 9.90. The van der Waals surface area contributed by atoms with E-state index in [9.17, 15) is 19.7 Å². The minimum atomic E-state index is -0.674. The highest BCUT2D eigenvalue weighted by Gasteiger charge is 2.32. The van der Waals surface area contributed by atoms with Crippen LogP contribution in [-0.4, -0.2) is 32.9 Å². The third-order valence-electron chi connectivity index (χ3n) is 4.16. The smallest absolute Gasteiger partial charge is 0.269 e. The van der Waals surface area contributed by atoms with Crippen LogP contribution < -0.4 is 10.6 Å². The minimum Gasteiger partial charge on any atom is -0.325 e. The number of carbonyl (C=O) groups is 2. The van der Waals surface area contributed by atoms with E-state index in [1.807, 2.05) is 0 Å². The number of thioether (sulfide) groups is 1. The lowest BCUT2D eigenvalue weighted by Gasteiger charge is -2.09. The predicted octanol–water partition coefficient (Wildman–Crippen LogP) is 4.24. The van der Waals surface area contributed by atoms with Gasteiger partial charge in [-0.1, -0.05) is 41.0 Å². The molecule has 0 spiro atoms. The van der Waals surface area contributed by atoms with Gasteiger partial charge < -0.3 is 10.6 Å². The minimum absolute atomic E-state index is 0.0262. The number of halogens is 2. The normalized spacial score (nSPS) is 17.5. The Morgan fingerprint density at radius 1 is 1.26 bits per heavy atom. The zero-order valence-electron chi connectivity index (χ0n) is 16.0. The monoisotopic (exact) mass is 479 g/mol. The van der Waals surface area contributed by atoms with Gasteiger partial charge in [0, 0.05) is 18.6 Å². The third kappa shape index (κ3) is 5.81. The van der Waals surface area contributed by atoms with Crippen LogP contribution in [0.1, 0.15) is 18.9 Å². The van der Waals surface area contributed by atoms with E-state index in [0.717, 1.165) is 11.8 Å². The SMILES string of the molecule is C/C(=N/N=C1\NC(=O)[C@@H](CC(=O)Nc2cccc(Cl)c2Cl)S1)c1ccc([N+](=O)[O-])cc1. The van der Waals surface area contributed by atoms with Crippen molar-refractivity contribution in [3.8, 4) is 0 Å². The third-order valence-corrected chi connectivity index (χ3v) is 6.05. The van der Waals surface area contributed by atoms with Crippen LogP contribution in [0.5, 0.6) is 0 Å². The zero-order valence-corrected chi connectivity index (χ0v) is 18.3. The number of carbonyl (C=O) groups excluding carboxylic acids is 2. The van der Waals surface area contributed by atoms with Gasteiger partial charge in [0.25, 0.3) is 5.69 Å². The Balaban J connectivity index is 1.61. The number of hydrogen-bond donors (Lipinski definition) is 2. The van der Waals surface area contributed by atoms with Crippen LogP contribution in [0.2, 0.25) is 10.0 Å². The molecule has 0 radical (unpaired) electrons. The number of amidine groups is 1. The number of nitro benzene ring substituents is 1. The molecule has 2 aromatic carbocycles. The number of benzene rings is 2. The fourth-order valence-electron chi connectivity index (χ4n) is 2.56. The molecule has 31 heavy (non-hydrogen) atoms. The number of rotatable bonds is 6. The molecule has 1 atom stereocenters. The van der Waals surface area contributed by atoms with Gasteiger partial charge in [0.1, 0.15) is 5.25 Å². The summed E-state index contributed by atoms with van der Waals surface area (Å²) < 4.78 is 0. The van der Waals surface area contributed by atoms with Gasteiger partial charge in [-0.3, -0.25) is 19.7 Å². The molecule has 0 saturated carbocycles. The van der Waals surface area contributed by atoms with E-state index in [4.69, 9.17) is 23.2 Å². The second-order valence-corrected chi connectivity index (χ2v) is 8.32. The molecule has 9 nitrogen and oxygen atoms in total. The predicted molar refractivity (Wildman–Crippen MR) is 122 cm³/mol. The van der Waals surface area contributed by atoms with Crippen molar-refractivity contribution in [1.82, 2.24) is 5.32 Å². The van der Waals surface area contributed by atoms with Crippen molar-refractivity contribution in [2.45, 2.75) is 18.6 Å². The lowest BCUT2D eigenvalue weighted by Crippen LogP contribution is -2.28. The molecule has 2 amide bonds. The standard InChI is InChI=1S/C19H15Cl2N5O4S/c1-10(11-5-7-12(8-6-11)26(29)30)24-25-19-23-18(28)15(31-19)9-16(27)22-14-4-2-3-13(20)17(14)21/h2-8,15H,9H2,1H3,(H,22,27)(H,23,25,28)/b24-10-/t15-/m1/s1. The Labute approximate surface area is 191 Å². The van der Waals surface area contributed by atoms with Gasteiger partial charge in [-0.25, -0.2) is 0 Å². The fourth-order valence-corrected chi connectivity index (χ4v) is 3.82. The van der Waals surface area contributed by atoms with Crippen LogP contribution in [0.3, 0.4) is 0 Å². The molecule has 0 aliphatic carbocycles. The van der Waals surface area contributed by atoms with E-state index < -0.39 is 16.1 Å². The Kier molecular flexibility index (Phi) is 7.26. The average molecular weight is 480 g/mol. The van der Waals surface area contributed by atoms with E-state index in [1.54, 1.807) is 37.3 Å². The number of nitrogens with one attached hydrogen (secondary N) is 2. The van der Waals surface area contributed by atoms with Crippen molar-refractivity contribution in [3.05, 3.63) is 68.2 Å². The maximum absolute atomic E-state index is 12.3. The zero-order chi connectivity index (χ0) is 22.5. The van der Waals surface area contributed by atoms with E-state index in [1.165, 1.54) is 12.1 Å². The van der Waals surface area contributed by atoms with Crippen molar-refractivity contribution in [2.24, 2.45) is 10.2 Å². The highest BCUT2D eigenvalue weighted by molar-refractivity contribution is 8.15. The summed E-state index contributed by atoms with van der Waals surface area (Å²) in [7, 11) is 0. The molecule has 3 rings (SSSR count). The van der Waals surface area contributed by atoms with E-state index in [-0.39, 0.29) is 28.2 Å². The molecule has 0 bridgehead atoms. The van der Waals surface area contributed by atoms with Crippen LogP contribution in [0.15, 0.2) is 52.7 Å². The summed E-state index contributed by atoms with van der Waals surface area (Å²) in [5.41, 5.74) is 1.49. The molecule has 160 valence electrons. The Hall–Kier alpha value is -2.95. The molecule has 2 aromatic rings. The van der Waals surface area contributed by atoms with Gasteiger partial charge in [-0.2, -0.15) is 5.10 Å². The van der Waals surface area contributed by atoms with E-state index >= 15 is 0 Å². The molecule has 1 aliphatic rings. The number of nitrogens with zero attached hydrogens (tertiary/aromatic N) is 3. The average Bonchev–Trinajstić information content (AvgIpc) is 3.08. The number of hydrogen-bond acceptors (Lipinski definition) is 7. The van der Waals surface area contributed by atoms with Crippen molar-refractivity contribution in [2.75, 3.05) is 5.32 Å². The summed E-state index contributed by atoms with van der Waals surface area (Å²) in [5, 5.41) is 24.1. The van der Waals surface area contributed by atoms with Crippen molar-refractivity contribution in [3.63, 3.8) is 0 Å². The molecule has 12 heteroatoms. The summed E-state index contributed by atoms with van der Waals surface area (Å²) in [6, 6.07) is 10.7. The molecule has 0 unspecified atom stereocenters. The quantitative estimate of drug-likeness (QED) is 0.363. The van der Waals surface area contributed by atoms with Gasteiger partial charge >= 0.3 is 0 Å². The lowest BCUT2D eigenvalue weighted by atomic mass is 10.1. The van der Waals surface area contributed by atoms with Gasteiger partial charge in [0.15, 0.2) is 5.17 Å². The Morgan fingerprint density at radius 3 is 2.65 bits per heavy atom. The number of amides is 2. The highest BCUT2D eigenvalue weighted by atomic mass is 35.5. The maximum Gasteiger partial charge on any atom is 0.269 e. The molecule has 1 aliphatic heterocycles. The summed E-state index contributed by atoms with van der Waals surface area (Å²) in [4.78, 5) is 34.7. The van der Waals surface area contributed by atoms with Crippen LogP contribution in [0, 0.1) is 10.1 Å². The fraction of sp³-hybridized carbons (Fsp3) is 0.158. The number of anilines is 1. The molecule has 1 heterocycles. The summed E-state index contributed by atoms with van der Waals surface area (Å²) in [6.45, 7) is 1.69. The first-order valence-corrected chi connectivity index (χ1v) is 10.5. The first-order chi connectivity index (χ1) is 14.7. The summed E-state index contributed by atoms with van der Waals surface area (Å²) in [5.74, 6) is -0.761. The van der Waals surface area contributed by atoms with Crippen LogP contribution in [0.4, 0.5) is 11.4 Å². The number of nitro groups is 1.